The third kappa shape index (κ3) is 3.00. The van der Waals surface area contributed by atoms with Crippen molar-refractivity contribution in [2.24, 2.45) is 23.7 Å². The third-order valence-corrected chi connectivity index (χ3v) is 3.91. The Hall–Kier alpha value is 0. The first-order valence-corrected chi connectivity index (χ1v) is 6.15. The summed E-state index contributed by atoms with van der Waals surface area (Å²) in [5.74, 6) is 3.91. The molecule has 0 bridgehead atoms. The van der Waals surface area contributed by atoms with Gasteiger partial charge < -0.3 is 0 Å². The lowest BCUT2D eigenvalue weighted by molar-refractivity contribution is 0.160. The minimum atomic E-state index is 0.889. The average Bonchev–Trinajstić information content (AvgIpc) is 2.04. The Morgan fingerprint density at radius 3 is 2.38 bits per heavy atom. The van der Waals surface area contributed by atoms with Gasteiger partial charge in [0.05, 0.1) is 0 Å². The second-order valence-electron chi connectivity index (χ2n) is 5.35. The number of hydrogen-bond donors (Lipinski definition) is 0. The molecule has 0 N–H and O–H groups in total. The molecule has 0 aliphatic heterocycles. The summed E-state index contributed by atoms with van der Waals surface area (Å²) in [6.45, 7) is 9.59. The molecular formula is C13H26. The van der Waals surface area contributed by atoms with Gasteiger partial charge in [0.25, 0.3) is 0 Å². The van der Waals surface area contributed by atoms with Crippen molar-refractivity contribution in [3.05, 3.63) is 0 Å². The Bertz CT molecular complexity index is 137. The van der Waals surface area contributed by atoms with Crippen LogP contribution >= 0.6 is 0 Å². The summed E-state index contributed by atoms with van der Waals surface area (Å²) in [5, 5.41) is 0. The summed E-state index contributed by atoms with van der Waals surface area (Å²) in [6, 6.07) is 0. The molecule has 0 aromatic carbocycles. The molecule has 0 spiro atoms. The van der Waals surface area contributed by atoms with Crippen LogP contribution < -0.4 is 0 Å². The molecule has 1 rings (SSSR count). The SMILES string of the molecule is CCC(C(C)C)C1CCCC(C)C1. The molecule has 3 unspecified atom stereocenters. The van der Waals surface area contributed by atoms with E-state index in [0.29, 0.717) is 0 Å². The quantitative estimate of drug-likeness (QED) is 0.603. The van der Waals surface area contributed by atoms with E-state index < -0.39 is 0 Å². The standard InChI is InChI=1S/C13H26/c1-5-13(10(2)3)12-8-6-7-11(4)9-12/h10-13H,5-9H2,1-4H3. The fraction of sp³-hybridized carbons (Fsp3) is 1.00. The smallest absolute Gasteiger partial charge is 0.0365 e. The zero-order chi connectivity index (χ0) is 9.84. The van der Waals surface area contributed by atoms with Gasteiger partial charge in [-0.25, -0.2) is 0 Å². The molecule has 78 valence electrons. The predicted molar refractivity (Wildman–Crippen MR) is 59.7 cm³/mol. The maximum absolute atomic E-state index is 2.43. The van der Waals surface area contributed by atoms with Gasteiger partial charge in [0.1, 0.15) is 0 Å². The fourth-order valence-electron chi connectivity index (χ4n) is 3.22. The van der Waals surface area contributed by atoms with Crippen LogP contribution in [0.4, 0.5) is 0 Å². The molecule has 0 saturated heterocycles. The van der Waals surface area contributed by atoms with Crippen LogP contribution in [0.5, 0.6) is 0 Å². The summed E-state index contributed by atoms with van der Waals surface area (Å²) in [5.41, 5.74) is 0. The Kier molecular flexibility index (Phi) is 4.28. The highest BCUT2D eigenvalue weighted by Crippen LogP contribution is 2.37. The van der Waals surface area contributed by atoms with Gasteiger partial charge in [-0.2, -0.15) is 0 Å². The van der Waals surface area contributed by atoms with E-state index in [1.807, 2.05) is 0 Å². The maximum atomic E-state index is 2.43. The highest BCUT2D eigenvalue weighted by Gasteiger charge is 2.27. The summed E-state index contributed by atoms with van der Waals surface area (Å²) >= 11 is 0. The summed E-state index contributed by atoms with van der Waals surface area (Å²) in [4.78, 5) is 0. The van der Waals surface area contributed by atoms with Gasteiger partial charge in [-0.05, 0) is 30.1 Å². The van der Waals surface area contributed by atoms with E-state index in [1.54, 1.807) is 0 Å². The minimum Gasteiger partial charge on any atom is -0.0651 e. The largest absolute Gasteiger partial charge is 0.0651 e. The van der Waals surface area contributed by atoms with E-state index in [2.05, 4.69) is 27.7 Å². The minimum absolute atomic E-state index is 0.889. The van der Waals surface area contributed by atoms with Gasteiger partial charge in [0.15, 0.2) is 0 Å². The van der Waals surface area contributed by atoms with Gasteiger partial charge in [0, 0.05) is 0 Å². The molecule has 0 heteroatoms. The van der Waals surface area contributed by atoms with E-state index in [9.17, 15) is 0 Å². The van der Waals surface area contributed by atoms with Crippen LogP contribution in [0.1, 0.15) is 59.8 Å². The van der Waals surface area contributed by atoms with Gasteiger partial charge in [-0.3, -0.25) is 0 Å². The molecule has 0 aromatic heterocycles. The van der Waals surface area contributed by atoms with Crippen molar-refractivity contribution >= 4 is 0 Å². The van der Waals surface area contributed by atoms with Crippen molar-refractivity contribution in [1.82, 2.24) is 0 Å². The van der Waals surface area contributed by atoms with Crippen molar-refractivity contribution in [3.8, 4) is 0 Å². The molecular weight excluding hydrogens is 156 g/mol. The van der Waals surface area contributed by atoms with Crippen molar-refractivity contribution in [2.45, 2.75) is 59.8 Å². The van der Waals surface area contributed by atoms with Crippen LogP contribution in [-0.4, -0.2) is 0 Å². The highest BCUT2D eigenvalue weighted by atomic mass is 14.3. The van der Waals surface area contributed by atoms with E-state index in [-0.39, 0.29) is 0 Å². The molecule has 0 nitrogen and oxygen atoms in total. The molecule has 0 radical (unpaired) electrons. The van der Waals surface area contributed by atoms with Crippen molar-refractivity contribution < 1.29 is 0 Å². The fourth-order valence-corrected chi connectivity index (χ4v) is 3.22. The highest BCUT2D eigenvalue weighted by molar-refractivity contribution is 4.77. The average molecular weight is 182 g/mol. The molecule has 1 fully saturated rings. The Balaban J connectivity index is 2.47. The van der Waals surface area contributed by atoms with E-state index in [1.165, 1.54) is 32.1 Å². The van der Waals surface area contributed by atoms with Crippen LogP contribution in [0.3, 0.4) is 0 Å². The first-order valence-electron chi connectivity index (χ1n) is 6.15. The number of hydrogen-bond acceptors (Lipinski definition) is 0. The number of rotatable bonds is 3. The molecule has 0 amide bonds. The second kappa shape index (κ2) is 5.02. The van der Waals surface area contributed by atoms with Gasteiger partial charge in [-0.1, -0.05) is 53.4 Å². The Morgan fingerprint density at radius 2 is 1.92 bits per heavy atom. The maximum Gasteiger partial charge on any atom is -0.0365 e. The molecule has 0 aromatic rings. The van der Waals surface area contributed by atoms with Crippen LogP contribution in [-0.2, 0) is 0 Å². The van der Waals surface area contributed by atoms with Gasteiger partial charge >= 0.3 is 0 Å². The van der Waals surface area contributed by atoms with E-state index in [0.717, 1.165) is 23.7 Å². The van der Waals surface area contributed by atoms with E-state index in [4.69, 9.17) is 0 Å². The molecule has 13 heavy (non-hydrogen) atoms. The van der Waals surface area contributed by atoms with Crippen molar-refractivity contribution in [1.29, 1.82) is 0 Å². The predicted octanol–water partition coefficient (Wildman–Crippen LogP) is 4.49. The Morgan fingerprint density at radius 1 is 1.23 bits per heavy atom. The molecule has 1 saturated carbocycles. The first kappa shape index (κ1) is 11.1. The summed E-state index contributed by atoms with van der Waals surface area (Å²) < 4.78 is 0. The van der Waals surface area contributed by atoms with Crippen LogP contribution in [0.15, 0.2) is 0 Å². The topological polar surface area (TPSA) is 0 Å². The molecule has 1 aliphatic rings. The molecule has 3 atom stereocenters. The molecule has 1 aliphatic carbocycles. The normalized spacial score (nSPS) is 32.1. The lowest BCUT2D eigenvalue weighted by Gasteiger charge is -2.35. The third-order valence-electron chi connectivity index (χ3n) is 3.91. The monoisotopic (exact) mass is 182 g/mol. The van der Waals surface area contributed by atoms with Crippen molar-refractivity contribution in [2.75, 3.05) is 0 Å². The molecule has 0 heterocycles. The zero-order valence-electron chi connectivity index (χ0n) is 9.84. The van der Waals surface area contributed by atoms with Crippen molar-refractivity contribution in [3.63, 3.8) is 0 Å². The van der Waals surface area contributed by atoms with Gasteiger partial charge in [0.2, 0.25) is 0 Å². The van der Waals surface area contributed by atoms with Crippen LogP contribution in [0.2, 0.25) is 0 Å². The zero-order valence-corrected chi connectivity index (χ0v) is 9.84. The summed E-state index contributed by atoms with van der Waals surface area (Å²) in [6.07, 6.45) is 7.34. The lowest BCUT2D eigenvalue weighted by atomic mass is 9.71. The van der Waals surface area contributed by atoms with Crippen LogP contribution in [0, 0.1) is 23.7 Å². The lowest BCUT2D eigenvalue weighted by Crippen LogP contribution is -2.24. The second-order valence-corrected chi connectivity index (χ2v) is 5.35. The Labute approximate surface area is 84.1 Å². The van der Waals surface area contributed by atoms with Crippen LogP contribution in [0.25, 0.3) is 0 Å². The summed E-state index contributed by atoms with van der Waals surface area (Å²) in [7, 11) is 0. The van der Waals surface area contributed by atoms with E-state index >= 15 is 0 Å². The first-order chi connectivity index (χ1) is 6.15. The van der Waals surface area contributed by atoms with Gasteiger partial charge in [-0.15, -0.1) is 0 Å².